The van der Waals surface area contributed by atoms with Crippen LogP contribution >= 0.6 is 0 Å². The van der Waals surface area contributed by atoms with Gasteiger partial charge >= 0.3 is 0 Å². The average Bonchev–Trinajstić information content (AvgIpc) is 2.64. The predicted octanol–water partition coefficient (Wildman–Crippen LogP) is 2.09. The first-order chi connectivity index (χ1) is 12.5. The van der Waals surface area contributed by atoms with E-state index in [1.807, 2.05) is 61.5 Å². The Morgan fingerprint density at radius 3 is 2.50 bits per heavy atom. The molecule has 0 saturated carbocycles. The van der Waals surface area contributed by atoms with E-state index >= 15 is 0 Å². The summed E-state index contributed by atoms with van der Waals surface area (Å²) in [5, 5.41) is 2.87. The number of benzene rings is 2. The smallest absolute Gasteiger partial charge is 0.272 e. The highest BCUT2D eigenvalue weighted by Crippen LogP contribution is 2.12. The molecule has 3 rings (SSSR count). The minimum atomic E-state index is -0.241. The summed E-state index contributed by atoms with van der Waals surface area (Å²) in [6, 6.07) is 15.3. The monoisotopic (exact) mass is 350 g/mol. The molecule has 0 fully saturated rings. The molecular weight excluding hydrogens is 328 g/mol. The van der Waals surface area contributed by atoms with E-state index in [9.17, 15) is 9.59 Å². The van der Waals surface area contributed by atoms with Gasteiger partial charge in [-0.3, -0.25) is 14.2 Å². The van der Waals surface area contributed by atoms with Crippen LogP contribution in [0.1, 0.15) is 11.3 Å². The van der Waals surface area contributed by atoms with Gasteiger partial charge in [-0.05, 0) is 36.8 Å². The van der Waals surface area contributed by atoms with Crippen LogP contribution in [-0.4, -0.2) is 29.6 Å². The highest BCUT2D eigenvalue weighted by atomic mass is 16.2. The predicted molar refractivity (Wildman–Crippen MR) is 103 cm³/mol. The van der Waals surface area contributed by atoms with Gasteiger partial charge < -0.3 is 10.2 Å². The number of nitrogens with one attached hydrogen (secondary N) is 1. The lowest BCUT2D eigenvalue weighted by Crippen LogP contribution is -2.33. The lowest BCUT2D eigenvalue weighted by molar-refractivity contribution is -0.121. The molecule has 26 heavy (non-hydrogen) atoms. The van der Waals surface area contributed by atoms with E-state index < -0.39 is 0 Å². The van der Waals surface area contributed by atoms with Crippen molar-refractivity contribution in [3.8, 4) is 0 Å². The summed E-state index contributed by atoms with van der Waals surface area (Å²) in [4.78, 5) is 31.1. The molecular formula is C20H22N4O2. The molecule has 3 aromatic rings. The zero-order valence-electron chi connectivity index (χ0n) is 15.2. The molecule has 0 unspecified atom stereocenters. The maximum Gasteiger partial charge on any atom is 0.272 e. The van der Waals surface area contributed by atoms with Crippen molar-refractivity contribution in [2.45, 2.75) is 20.0 Å². The third-order valence-corrected chi connectivity index (χ3v) is 4.26. The largest absolute Gasteiger partial charge is 0.378 e. The second kappa shape index (κ2) is 7.39. The Morgan fingerprint density at radius 2 is 1.81 bits per heavy atom. The molecule has 0 aliphatic carbocycles. The van der Waals surface area contributed by atoms with Gasteiger partial charge in [0.05, 0.1) is 11.0 Å². The number of nitrogens with zero attached hydrogens (tertiary/aromatic N) is 3. The summed E-state index contributed by atoms with van der Waals surface area (Å²) >= 11 is 0. The Balaban J connectivity index is 1.73. The topological polar surface area (TPSA) is 67.2 Å². The fourth-order valence-electron chi connectivity index (χ4n) is 2.79. The molecule has 0 atom stereocenters. The molecule has 6 nitrogen and oxygen atoms in total. The summed E-state index contributed by atoms with van der Waals surface area (Å²) in [5.41, 5.74) is 3.62. The van der Waals surface area contributed by atoms with Gasteiger partial charge in [0, 0.05) is 26.3 Å². The van der Waals surface area contributed by atoms with E-state index in [-0.39, 0.29) is 18.0 Å². The van der Waals surface area contributed by atoms with Gasteiger partial charge in [0.25, 0.3) is 5.56 Å². The zero-order chi connectivity index (χ0) is 18.7. The van der Waals surface area contributed by atoms with Gasteiger partial charge in [0.2, 0.25) is 5.91 Å². The molecule has 0 bridgehead atoms. The highest BCUT2D eigenvalue weighted by Gasteiger charge is 2.11. The molecule has 6 heteroatoms. The normalized spacial score (nSPS) is 10.7. The second-order valence-corrected chi connectivity index (χ2v) is 6.41. The first-order valence-electron chi connectivity index (χ1n) is 8.45. The molecule has 0 aliphatic heterocycles. The molecule has 0 saturated heterocycles. The number of hydrogen-bond donors (Lipinski definition) is 1. The molecule has 1 amide bonds. The molecule has 0 spiro atoms. The number of fused-ring (bicyclic) bond motifs is 1. The van der Waals surface area contributed by atoms with Crippen molar-refractivity contribution in [1.29, 1.82) is 0 Å². The number of hydrogen-bond acceptors (Lipinski definition) is 4. The van der Waals surface area contributed by atoms with Gasteiger partial charge in [0.15, 0.2) is 0 Å². The van der Waals surface area contributed by atoms with E-state index in [4.69, 9.17) is 0 Å². The number of rotatable bonds is 5. The van der Waals surface area contributed by atoms with E-state index in [0.29, 0.717) is 23.3 Å². The van der Waals surface area contributed by atoms with Crippen LogP contribution in [0.25, 0.3) is 11.0 Å². The van der Waals surface area contributed by atoms with E-state index in [1.54, 1.807) is 13.0 Å². The first-order valence-corrected chi connectivity index (χ1v) is 8.45. The fraction of sp³-hybridized carbons (Fsp3) is 0.250. The average molecular weight is 350 g/mol. The molecule has 2 aromatic carbocycles. The minimum Gasteiger partial charge on any atom is -0.378 e. The van der Waals surface area contributed by atoms with Crippen LogP contribution in [0.2, 0.25) is 0 Å². The molecule has 1 aromatic heterocycles. The van der Waals surface area contributed by atoms with Crippen LogP contribution in [-0.2, 0) is 17.9 Å². The van der Waals surface area contributed by atoms with Crippen molar-refractivity contribution in [2.75, 3.05) is 19.0 Å². The summed E-state index contributed by atoms with van der Waals surface area (Å²) in [7, 11) is 3.96. The summed E-state index contributed by atoms with van der Waals surface area (Å²) in [6.45, 7) is 2.05. The van der Waals surface area contributed by atoms with Crippen molar-refractivity contribution >= 4 is 22.6 Å². The van der Waals surface area contributed by atoms with E-state index in [0.717, 1.165) is 11.3 Å². The van der Waals surface area contributed by atoms with Crippen molar-refractivity contribution in [3.63, 3.8) is 0 Å². The maximum absolute atomic E-state index is 12.4. The van der Waals surface area contributed by atoms with Crippen LogP contribution < -0.4 is 15.8 Å². The number of carbonyl (C=O) groups is 1. The number of para-hydroxylation sites is 2. The molecule has 1 heterocycles. The molecule has 0 aliphatic rings. The Hall–Kier alpha value is -3.15. The van der Waals surface area contributed by atoms with Gasteiger partial charge in [-0.2, -0.15) is 0 Å². The van der Waals surface area contributed by atoms with Crippen LogP contribution in [0.4, 0.5) is 5.69 Å². The third kappa shape index (κ3) is 3.74. The van der Waals surface area contributed by atoms with Crippen molar-refractivity contribution < 1.29 is 4.79 Å². The quantitative estimate of drug-likeness (QED) is 0.765. The third-order valence-electron chi connectivity index (χ3n) is 4.26. The van der Waals surface area contributed by atoms with Gasteiger partial charge in [-0.1, -0.05) is 24.3 Å². The Bertz CT molecular complexity index is 991. The second-order valence-electron chi connectivity index (χ2n) is 6.41. The van der Waals surface area contributed by atoms with Crippen LogP contribution in [0.5, 0.6) is 0 Å². The van der Waals surface area contributed by atoms with Gasteiger partial charge in [-0.25, -0.2) is 4.98 Å². The van der Waals surface area contributed by atoms with Crippen molar-refractivity contribution in [3.05, 3.63) is 70.1 Å². The summed E-state index contributed by atoms with van der Waals surface area (Å²) < 4.78 is 1.47. The first kappa shape index (κ1) is 17.7. The number of aryl methyl sites for hydroxylation is 1. The highest BCUT2D eigenvalue weighted by molar-refractivity contribution is 5.80. The summed E-state index contributed by atoms with van der Waals surface area (Å²) in [5.74, 6) is -0.209. The zero-order valence-corrected chi connectivity index (χ0v) is 15.2. The van der Waals surface area contributed by atoms with Crippen molar-refractivity contribution in [2.24, 2.45) is 0 Å². The number of carbonyl (C=O) groups excluding carboxylic acids is 1. The van der Waals surface area contributed by atoms with Crippen molar-refractivity contribution in [1.82, 2.24) is 14.9 Å². The molecule has 0 radical (unpaired) electrons. The minimum absolute atomic E-state index is 0.0293. The Kier molecular flexibility index (Phi) is 5.02. The fourth-order valence-corrected chi connectivity index (χ4v) is 2.79. The van der Waals surface area contributed by atoms with Crippen LogP contribution in [0.15, 0.2) is 53.3 Å². The lowest BCUT2D eigenvalue weighted by atomic mass is 10.2. The van der Waals surface area contributed by atoms with Gasteiger partial charge in [0.1, 0.15) is 12.2 Å². The number of anilines is 1. The lowest BCUT2D eigenvalue weighted by Gasteiger charge is -2.13. The van der Waals surface area contributed by atoms with Gasteiger partial charge in [-0.15, -0.1) is 0 Å². The number of amides is 1. The molecule has 1 N–H and O–H groups in total. The SMILES string of the molecule is Cc1nc2ccccc2n(CC(=O)NCc2ccc(N(C)C)cc2)c1=O. The maximum atomic E-state index is 12.4. The standard InChI is InChI=1S/C20H22N4O2/c1-14-20(26)24(18-7-5-4-6-17(18)22-14)13-19(25)21-12-15-8-10-16(11-9-15)23(2)3/h4-11H,12-13H2,1-3H3,(H,21,25). The van der Waals surface area contributed by atoms with E-state index in [1.165, 1.54) is 4.57 Å². The molecule has 134 valence electrons. The Labute approximate surface area is 152 Å². The summed E-state index contributed by atoms with van der Waals surface area (Å²) in [6.07, 6.45) is 0. The Morgan fingerprint density at radius 1 is 1.12 bits per heavy atom. The van der Waals surface area contributed by atoms with Crippen LogP contribution in [0.3, 0.4) is 0 Å². The van der Waals surface area contributed by atoms with E-state index in [2.05, 4.69) is 10.3 Å². The van der Waals surface area contributed by atoms with Crippen LogP contribution in [0, 0.1) is 6.92 Å². The number of aromatic nitrogens is 2.